The van der Waals surface area contributed by atoms with E-state index in [4.69, 9.17) is 11.6 Å². The van der Waals surface area contributed by atoms with Crippen molar-refractivity contribution >= 4 is 46.6 Å². The van der Waals surface area contributed by atoms with Crippen LogP contribution >= 0.6 is 11.6 Å². The molecule has 0 bridgehead atoms. The summed E-state index contributed by atoms with van der Waals surface area (Å²) < 4.78 is 0. The maximum absolute atomic E-state index is 12.2. The number of carbonyl (C=O) groups is 1. The summed E-state index contributed by atoms with van der Waals surface area (Å²) in [6.45, 7) is 3.98. The number of hydrogen-bond donors (Lipinski definition) is 2. The minimum Gasteiger partial charge on any atom is -0.356 e. The van der Waals surface area contributed by atoms with Crippen molar-refractivity contribution in [3.05, 3.63) is 77.1 Å². The lowest BCUT2D eigenvalue weighted by Gasteiger charge is -2.18. The molecule has 0 saturated carbocycles. The fourth-order valence-corrected chi connectivity index (χ4v) is 3.67. The van der Waals surface area contributed by atoms with Crippen LogP contribution in [0.2, 0.25) is 5.02 Å². The Labute approximate surface area is 187 Å². The molecule has 7 heteroatoms. The molecule has 4 rings (SSSR count). The van der Waals surface area contributed by atoms with E-state index in [1.165, 1.54) is 18.9 Å². The van der Waals surface area contributed by atoms with Gasteiger partial charge in [-0.1, -0.05) is 29.8 Å². The summed E-state index contributed by atoms with van der Waals surface area (Å²) in [4.78, 5) is 23.5. The number of hydrogen-bond acceptors (Lipinski definition) is 5. The van der Waals surface area contributed by atoms with Gasteiger partial charge in [0.2, 0.25) is 5.91 Å². The second kappa shape index (κ2) is 9.62. The van der Waals surface area contributed by atoms with Crippen molar-refractivity contribution in [1.29, 1.82) is 0 Å². The summed E-state index contributed by atoms with van der Waals surface area (Å²) in [5.41, 5.74) is 2.39. The molecule has 2 aromatic carbocycles. The topological polar surface area (TPSA) is 70.2 Å². The standard InChI is InChI=1S/C24H24ClN5O/c1-17-26-22(16-23(27-17)30-14-4-5-15-30)28-19-9-11-20(12-10-19)29-24(31)13-8-18-6-2-3-7-21(18)25/h2-3,6-13,16H,4-5,14-15H2,1H3,(H,29,31)(H,26,27,28)/b13-8+. The lowest BCUT2D eigenvalue weighted by atomic mass is 10.2. The van der Waals surface area contributed by atoms with Crippen molar-refractivity contribution in [2.45, 2.75) is 19.8 Å². The zero-order chi connectivity index (χ0) is 21.6. The van der Waals surface area contributed by atoms with E-state index in [0.29, 0.717) is 10.7 Å². The monoisotopic (exact) mass is 433 g/mol. The van der Waals surface area contributed by atoms with Crippen LogP contribution in [-0.4, -0.2) is 29.0 Å². The fourth-order valence-electron chi connectivity index (χ4n) is 3.47. The highest BCUT2D eigenvalue weighted by Gasteiger charge is 2.15. The molecule has 0 radical (unpaired) electrons. The Kier molecular flexibility index (Phi) is 6.48. The number of aromatic nitrogens is 2. The molecule has 0 atom stereocenters. The molecule has 3 aromatic rings. The van der Waals surface area contributed by atoms with Crippen LogP contribution in [0.4, 0.5) is 23.0 Å². The Morgan fingerprint density at radius 1 is 1.03 bits per heavy atom. The fraction of sp³-hybridized carbons (Fsp3) is 0.208. The Morgan fingerprint density at radius 2 is 1.74 bits per heavy atom. The van der Waals surface area contributed by atoms with Crippen molar-refractivity contribution in [1.82, 2.24) is 9.97 Å². The number of halogens is 1. The molecule has 1 aromatic heterocycles. The van der Waals surface area contributed by atoms with Crippen LogP contribution < -0.4 is 15.5 Å². The second-order valence-corrected chi connectivity index (χ2v) is 7.81. The van der Waals surface area contributed by atoms with Crippen LogP contribution in [0, 0.1) is 6.92 Å². The SMILES string of the molecule is Cc1nc(Nc2ccc(NC(=O)/C=C/c3ccccc3Cl)cc2)cc(N2CCCC2)n1. The van der Waals surface area contributed by atoms with Gasteiger partial charge in [0, 0.05) is 41.6 Å². The summed E-state index contributed by atoms with van der Waals surface area (Å²) in [6.07, 6.45) is 5.57. The molecule has 6 nitrogen and oxygen atoms in total. The maximum atomic E-state index is 12.2. The third-order valence-corrected chi connectivity index (χ3v) is 5.34. The van der Waals surface area contributed by atoms with E-state index in [1.807, 2.05) is 55.5 Å². The Bertz CT molecular complexity index is 1090. The number of rotatable bonds is 6. The molecule has 1 saturated heterocycles. The van der Waals surface area contributed by atoms with Crippen LogP contribution in [0.3, 0.4) is 0 Å². The largest absolute Gasteiger partial charge is 0.356 e. The molecule has 31 heavy (non-hydrogen) atoms. The van der Waals surface area contributed by atoms with Crippen molar-refractivity contribution in [2.75, 3.05) is 28.6 Å². The van der Waals surface area contributed by atoms with Crippen molar-refractivity contribution < 1.29 is 4.79 Å². The third-order valence-electron chi connectivity index (χ3n) is 5.00. The van der Waals surface area contributed by atoms with E-state index < -0.39 is 0 Å². The minimum absolute atomic E-state index is 0.220. The van der Waals surface area contributed by atoms with E-state index >= 15 is 0 Å². The summed E-state index contributed by atoms with van der Waals surface area (Å²) in [5, 5.41) is 6.78. The molecular weight excluding hydrogens is 410 g/mol. The lowest BCUT2D eigenvalue weighted by Crippen LogP contribution is -2.19. The van der Waals surface area contributed by atoms with Crippen LogP contribution in [0.25, 0.3) is 6.08 Å². The second-order valence-electron chi connectivity index (χ2n) is 7.40. The lowest BCUT2D eigenvalue weighted by molar-refractivity contribution is -0.111. The molecular formula is C24H24ClN5O. The van der Waals surface area contributed by atoms with Crippen molar-refractivity contribution in [3.63, 3.8) is 0 Å². The number of aryl methyl sites for hydroxylation is 1. The van der Waals surface area contributed by atoms with Gasteiger partial charge in [0.05, 0.1) is 0 Å². The Balaban J connectivity index is 1.38. The van der Waals surface area contributed by atoms with Gasteiger partial charge < -0.3 is 15.5 Å². The highest BCUT2D eigenvalue weighted by atomic mass is 35.5. The molecule has 1 aliphatic rings. The summed E-state index contributed by atoms with van der Waals surface area (Å²) >= 11 is 6.11. The average molecular weight is 434 g/mol. The molecule has 2 heterocycles. The maximum Gasteiger partial charge on any atom is 0.248 e. The summed E-state index contributed by atoms with van der Waals surface area (Å²) in [6, 6.07) is 16.9. The van der Waals surface area contributed by atoms with E-state index in [9.17, 15) is 4.79 Å². The van der Waals surface area contributed by atoms with Crippen molar-refractivity contribution in [3.8, 4) is 0 Å². The van der Waals surface area contributed by atoms with Gasteiger partial charge in [-0.15, -0.1) is 0 Å². The molecule has 1 amide bonds. The minimum atomic E-state index is -0.220. The van der Waals surface area contributed by atoms with Gasteiger partial charge in [0.25, 0.3) is 0 Å². The van der Waals surface area contributed by atoms with E-state index in [-0.39, 0.29) is 5.91 Å². The van der Waals surface area contributed by atoms with Crippen LogP contribution in [0.1, 0.15) is 24.2 Å². The smallest absolute Gasteiger partial charge is 0.248 e. The number of nitrogens with one attached hydrogen (secondary N) is 2. The first kappa shape index (κ1) is 20.9. The van der Waals surface area contributed by atoms with Crippen molar-refractivity contribution in [2.24, 2.45) is 0 Å². The van der Waals surface area contributed by atoms with Gasteiger partial charge in [-0.2, -0.15) is 0 Å². The van der Waals surface area contributed by atoms with E-state index in [1.54, 1.807) is 12.1 Å². The normalized spacial score (nSPS) is 13.5. The third kappa shape index (κ3) is 5.61. The highest BCUT2D eigenvalue weighted by molar-refractivity contribution is 6.32. The van der Waals surface area contributed by atoms with Gasteiger partial charge in [0.1, 0.15) is 17.5 Å². The predicted molar refractivity (Wildman–Crippen MR) is 127 cm³/mol. The summed E-state index contributed by atoms with van der Waals surface area (Å²) in [5.74, 6) is 2.24. The van der Waals surface area contributed by atoms with Gasteiger partial charge in [-0.05, 0) is 61.7 Å². The zero-order valence-corrected chi connectivity index (χ0v) is 18.1. The van der Waals surface area contributed by atoms with Crippen LogP contribution in [0.15, 0.2) is 60.7 Å². The number of carbonyl (C=O) groups excluding carboxylic acids is 1. The average Bonchev–Trinajstić information content (AvgIpc) is 3.29. The number of anilines is 4. The predicted octanol–water partition coefficient (Wildman–Crippen LogP) is 5.43. The van der Waals surface area contributed by atoms with E-state index in [2.05, 4.69) is 25.5 Å². The van der Waals surface area contributed by atoms with Gasteiger partial charge >= 0.3 is 0 Å². The molecule has 0 unspecified atom stereocenters. The first-order chi connectivity index (χ1) is 15.1. The summed E-state index contributed by atoms with van der Waals surface area (Å²) in [7, 11) is 0. The molecule has 158 valence electrons. The molecule has 0 aliphatic carbocycles. The zero-order valence-electron chi connectivity index (χ0n) is 17.3. The first-order valence-electron chi connectivity index (χ1n) is 10.3. The van der Waals surface area contributed by atoms with Gasteiger partial charge in [-0.3, -0.25) is 4.79 Å². The Morgan fingerprint density at radius 3 is 2.48 bits per heavy atom. The number of benzene rings is 2. The number of amides is 1. The van der Waals surface area contributed by atoms with Gasteiger partial charge in [0.15, 0.2) is 0 Å². The molecule has 1 fully saturated rings. The van der Waals surface area contributed by atoms with Crippen LogP contribution in [0.5, 0.6) is 0 Å². The number of nitrogens with zero attached hydrogens (tertiary/aromatic N) is 3. The van der Waals surface area contributed by atoms with Gasteiger partial charge in [-0.25, -0.2) is 9.97 Å². The molecule has 2 N–H and O–H groups in total. The highest BCUT2D eigenvalue weighted by Crippen LogP contribution is 2.23. The first-order valence-corrected chi connectivity index (χ1v) is 10.7. The van der Waals surface area contributed by atoms with E-state index in [0.717, 1.165) is 41.8 Å². The Hall–Kier alpha value is -3.38. The quantitative estimate of drug-likeness (QED) is 0.507. The molecule has 0 spiro atoms. The molecule has 1 aliphatic heterocycles. The van der Waals surface area contributed by atoms with Crippen LogP contribution in [-0.2, 0) is 4.79 Å².